The van der Waals surface area contributed by atoms with E-state index in [2.05, 4.69) is 26.8 Å². The third-order valence-electron chi connectivity index (χ3n) is 5.60. The smallest absolute Gasteiger partial charge is 0.344 e. The molecule has 0 saturated heterocycles. The molecule has 1 unspecified atom stereocenters. The summed E-state index contributed by atoms with van der Waals surface area (Å²) in [5.41, 5.74) is -2.61. The van der Waals surface area contributed by atoms with Crippen LogP contribution in [-0.2, 0) is 19.7 Å². The van der Waals surface area contributed by atoms with Gasteiger partial charge in [-0.2, -0.15) is 23.2 Å². The number of sulfonamides is 1. The van der Waals surface area contributed by atoms with E-state index in [4.69, 9.17) is 4.99 Å². The molecular weight excluding hydrogens is 589 g/mol. The highest BCUT2D eigenvalue weighted by molar-refractivity contribution is 8.09. The minimum Gasteiger partial charge on any atom is -0.344 e. The number of hydrogen-bond acceptors (Lipinski definition) is 5. The van der Waals surface area contributed by atoms with E-state index in [1.807, 2.05) is 74.5 Å². The fourth-order valence-electron chi connectivity index (χ4n) is 3.32. The number of nitrogens with zero attached hydrogens (tertiary/aromatic N) is 2. The second-order valence-corrected chi connectivity index (χ2v) is 12.9. The molecule has 0 aliphatic rings. The fourth-order valence-corrected chi connectivity index (χ4v) is 6.08. The summed E-state index contributed by atoms with van der Waals surface area (Å²) >= 11 is 0. The number of rotatable bonds is 9. The summed E-state index contributed by atoms with van der Waals surface area (Å²) < 4.78 is 74.8. The first kappa shape index (κ1) is 32.4. The molecule has 0 fully saturated rings. The van der Waals surface area contributed by atoms with Crippen LogP contribution in [0, 0.1) is 0 Å². The van der Waals surface area contributed by atoms with E-state index >= 15 is 0 Å². The van der Waals surface area contributed by atoms with Gasteiger partial charge in [-0.15, -0.1) is 4.13 Å². The number of halogens is 3. The molecule has 0 amide bonds. The summed E-state index contributed by atoms with van der Waals surface area (Å²) in [4.78, 5) is 9.12. The molecule has 0 bridgehead atoms. The van der Waals surface area contributed by atoms with Crippen molar-refractivity contribution in [2.24, 2.45) is 9.98 Å². The highest BCUT2D eigenvalue weighted by Gasteiger charge is 2.47. The number of alkyl halides is 3. The molecule has 0 heterocycles. The van der Waals surface area contributed by atoms with Gasteiger partial charge in [0.1, 0.15) is 11.7 Å². The topological polar surface area (TPSA) is 124 Å². The normalized spacial score (nSPS) is 14.9. The van der Waals surface area contributed by atoms with Crippen molar-refractivity contribution in [1.82, 2.24) is 4.13 Å². The van der Waals surface area contributed by atoms with Gasteiger partial charge in [0, 0.05) is 22.0 Å². The number of anilines is 3. The maximum Gasteiger partial charge on any atom is 0.512 e. The van der Waals surface area contributed by atoms with E-state index in [9.17, 15) is 25.8 Å². The number of hydrogen-bond donors (Lipinski definition) is 4. The molecule has 0 saturated carbocycles. The molecule has 14 heteroatoms. The number of para-hydroxylation sites is 2. The van der Waals surface area contributed by atoms with Crippen LogP contribution in [0.1, 0.15) is 27.2 Å². The van der Waals surface area contributed by atoms with Crippen LogP contribution in [0.4, 0.5) is 30.2 Å². The second-order valence-electron chi connectivity index (χ2n) is 8.95. The Kier molecular flexibility index (Phi) is 10.5. The van der Waals surface area contributed by atoms with Gasteiger partial charge in [-0.1, -0.05) is 43.3 Å². The Labute approximate surface area is 243 Å². The zero-order chi connectivity index (χ0) is 31.0. The van der Waals surface area contributed by atoms with Crippen LogP contribution >= 0.6 is 0 Å². The number of allylic oxidation sites excluding steroid dienone is 1. The second kappa shape index (κ2) is 13.7. The lowest BCUT2D eigenvalue weighted by molar-refractivity contribution is -0.0441. The largest absolute Gasteiger partial charge is 0.512 e. The lowest BCUT2D eigenvalue weighted by Gasteiger charge is -2.15. The molecule has 3 aromatic rings. The van der Waals surface area contributed by atoms with E-state index in [1.54, 1.807) is 6.92 Å². The lowest BCUT2D eigenvalue weighted by Crippen LogP contribution is -2.40. The Hall–Kier alpha value is -4.14. The van der Waals surface area contributed by atoms with Crippen molar-refractivity contribution < 1.29 is 25.8 Å². The van der Waals surface area contributed by atoms with Crippen molar-refractivity contribution >= 4 is 54.5 Å². The third kappa shape index (κ3) is 9.19. The highest BCUT2D eigenvalue weighted by Crippen LogP contribution is 2.24. The first-order chi connectivity index (χ1) is 19.7. The van der Waals surface area contributed by atoms with Gasteiger partial charge in [0.05, 0.1) is 9.71 Å². The standard InChI is InChI=1S/C28H31F3N6O3S2/c1-5-20(2)26(34-22-12-8-6-9-13-22)36-27(35-23-14-10-7-11-15-23)33-21(3)32-24-16-18-25(19-17-24)41(4,38)37-42(39,40)28(29,30)31/h6-19,34H,4-5H2,1-3H3,(H,37,38)(H2,32,33,35,36)/b26-20-. The predicted octanol–water partition coefficient (Wildman–Crippen LogP) is 6.17. The van der Waals surface area contributed by atoms with Crippen molar-refractivity contribution in [3.8, 4) is 0 Å². The van der Waals surface area contributed by atoms with Crippen LogP contribution in [-0.4, -0.2) is 35.8 Å². The maximum absolute atomic E-state index is 12.7. The van der Waals surface area contributed by atoms with Crippen molar-refractivity contribution in [2.75, 3.05) is 16.0 Å². The molecule has 9 nitrogen and oxygen atoms in total. The Balaban J connectivity index is 1.89. The third-order valence-corrected chi connectivity index (χ3v) is 9.20. The monoisotopic (exact) mass is 620 g/mol. The summed E-state index contributed by atoms with van der Waals surface area (Å²) in [6.45, 7) is 5.65. The first-order valence-corrected chi connectivity index (χ1v) is 15.7. The fraction of sp³-hybridized carbons (Fsp3) is 0.179. The van der Waals surface area contributed by atoms with Crippen LogP contribution in [0.3, 0.4) is 0 Å². The summed E-state index contributed by atoms with van der Waals surface area (Å²) in [5.74, 6) is 4.41. The van der Waals surface area contributed by atoms with Crippen molar-refractivity contribution in [1.29, 1.82) is 0 Å². The molecular formula is C28H31F3N6O3S2. The Morgan fingerprint density at radius 2 is 1.26 bits per heavy atom. The Morgan fingerprint density at radius 3 is 1.76 bits per heavy atom. The Bertz CT molecular complexity index is 1670. The zero-order valence-corrected chi connectivity index (χ0v) is 24.7. The van der Waals surface area contributed by atoms with Crippen LogP contribution in [0.15, 0.2) is 111 Å². The minimum atomic E-state index is -5.86. The molecule has 0 aliphatic carbocycles. The van der Waals surface area contributed by atoms with Gasteiger partial charge in [-0.25, -0.2) is 12.6 Å². The molecule has 42 heavy (non-hydrogen) atoms. The quantitative estimate of drug-likeness (QED) is 0.129. The zero-order valence-electron chi connectivity index (χ0n) is 23.1. The van der Waals surface area contributed by atoms with Gasteiger partial charge in [-0.05, 0) is 80.2 Å². The van der Waals surface area contributed by atoms with Gasteiger partial charge >= 0.3 is 15.5 Å². The van der Waals surface area contributed by atoms with Gasteiger partial charge in [0.25, 0.3) is 0 Å². The summed E-state index contributed by atoms with van der Waals surface area (Å²) in [7, 11) is -9.87. The molecule has 0 aliphatic heterocycles. The van der Waals surface area contributed by atoms with E-state index < -0.39 is 25.2 Å². The van der Waals surface area contributed by atoms with E-state index in [1.165, 1.54) is 24.3 Å². The summed E-state index contributed by atoms with van der Waals surface area (Å²) in [5, 5.41) is 9.56. The minimum absolute atomic E-state index is 0.236. The first-order valence-electron chi connectivity index (χ1n) is 12.5. The van der Waals surface area contributed by atoms with E-state index in [-0.39, 0.29) is 10.9 Å². The van der Waals surface area contributed by atoms with Crippen LogP contribution in [0.25, 0.3) is 0 Å². The number of nitrogens with one attached hydrogen (secondary N) is 4. The number of benzene rings is 3. The molecule has 4 N–H and O–H groups in total. The summed E-state index contributed by atoms with van der Waals surface area (Å²) in [6.07, 6.45) is 0.735. The SMILES string of the molecule is C=S(=O)(NS(=O)(=O)C(F)(F)F)c1ccc(NC(C)=NC(=N/C(Nc2ccccc2)=C(/C)CC)Nc2ccccc2)cc1. The Morgan fingerprint density at radius 1 is 0.762 bits per heavy atom. The van der Waals surface area contributed by atoms with Gasteiger partial charge < -0.3 is 16.0 Å². The van der Waals surface area contributed by atoms with Gasteiger partial charge in [0.2, 0.25) is 5.96 Å². The van der Waals surface area contributed by atoms with Gasteiger partial charge in [-0.3, -0.25) is 0 Å². The molecule has 0 spiro atoms. The average Bonchev–Trinajstić information content (AvgIpc) is 2.92. The average molecular weight is 621 g/mol. The number of amidine groups is 1. The molecule has 0 radical (unpaired) electrons. The lowest BCUT2D eigenvalue weighted by atomic mass is 10.2. The predicted molar refractivity (Wildman–Crippen MR) is 165 cm³/mol. The molecule has 3 rings (SSSR count). The molecule has 3 aromatic carbocycles. The molecule has 1 atom stereocenters. The van der Waals surface area contributed by atoms with Crippen molar-refractivity contribution in [3.63, 3.8) is 0 Å². The van der Waals surface area contributed by atoms with Gasteiger partial charge in [0.15, 0.2) is 0 Å². The highest BCUT2D eigenvalue weighted by atomic mass is 32.3. The van der Waals surface area contributed by atoms with Crippen molar-refractivity contribution in [3.05, 3.63) is 96.3 Å². The van der Waals surface area contributed by atoms with Crippen LogP contribution < -0.4 is 20.1 Å². The summed E-state index contributed by atoms with van der Waals surface area (Å²) in [6, 6.07) is 24.1. The maximum atomic E-state index is 12.7. The van der Waals surface area contributed by atoms with Crippen LogP contribution in [0.5, 0.6) is 0 Å². The number of guanidine groups is 1. The van der Waals surface area contributed by atoms with Crippen molar-refractivity contribution in [2.45, 2.75) is 37.6 Å². The van der Waals surface area contributed by atoms with E-state index in [0.29, 0.717) is 17.3 Å². The number of aliphatic imine (C=N–C) groups is 2. The molecule has 224 valence electrons. The van der Waals surface area contributed by atoms with E-state index in [0.717, 1.165) is 27.5 Å². The molecule has 0 aromatic heterocycles. The van der Waals surface area contributed by atoms with Crippen LogP contribution in [0.2, 0.25) is 0 Å².